The van der Waals surface area contributed by atoms with Crippen LogP contribution in [0.1, 0.15) is 27.7 Å². The molecule has 6 nitrogen and oxygen atoms in total. The highest BCUT2D eigenvalue weighted by Gasteiger charge is 2.24. The largest absolute Gasteiger partial charge is 0.371 e. The van der Waals surface area contributed by atoms with Crippen molar-refractivity contribution in [3.05, 3.63) is 77.7 Å². The van der Waals surface area contributed by atoms with Crippen LogP contribution in [0.15, 0.2) is 60.9 Å². The van der Waals surface area contributed by atoms with Crippen molar-refractivity contribution < 1.29 is 9.53 Å². The topological polar surface area (TPSA) is 60.2 Å². The van der Waals surface area contributed by atoms with Crippen LogP contribution < -0.4 is 0 Å². The molecule has 0 spiro atoms. The predicted molar refractivity (Wildman–Crippen MR) is 97.2 cm³/mol. The van der Waals surface area contributed by atoms with Gasteiger partial charge in [0.1, 0.15) is 11.8 Å². The summed E-state index contributed by atoms with van der Waals surface area (Å²) in [5.74, 6) is 0.485. The Hall–Kier alpha value is -2.99. The van der Waals surface area contributed by atoms with Crippen molar-refractivity contribution in [3.8, 4) is 5.82 Å². The number of ether oxygens (including phenoxy) is 1. The van der Waals surface area contributed by atoms with Gasteiger partial charge in [0, 0.05) is 19.4 Å². The molecule has 3 heterocycles. The van der Waals surface area contributed by atoms with E-state index in [4.69, 9.17) is 4.74 Å². The number of likely N-dealkylation sites (N-methyl/N-ethyl adjacent to an activating group) is 1. The Morgan fingerprint density at radius 1 is 1.23 bits per heavy atom. The number of fused-ring (bicyclic) bond motifs is 1. The van der Waals surface area contributed by atoms with Crippen LogP contribution in [0.5, 0.6) is 0 Å². The van der Waals surface area contributed by atoms with Crippen molar-refractivity contribution in [1.82, 2.24) is 19.7 Å². The maximum Gasteiger partial charge on any atom is 0.272 e. The van der Waals surface area contributed by atoms with E-state index in [1.807, 2.05) is 30.3 Å². The Labute approximate surface area is 152 Å². The lowest BCUT2D eigenvalue weighted by Gasteiger charge is -2.29. The van der Waals surface area contributed by atoms with Crippen LogP contribution in [0.2, 0.25) is 0 Å². The van der Waals surface area contributed by atoms with Gasteiger partial charge in [0.15, 0.2) is 5.82 Å². The van der Waals surface area contributed by atoms with E-state index in [0.717, 1.165) is 12.0 Å². The second-order valence-electron chi connectivity index (χ2n) is 6.33. The van der Waals surface area contributed by atoms with Gasteiger partial charge in [0.2, 0.25) is 0 Å². The molecule has 1 aromatic carbocycles. The van der Waals surface area contributed by atoms with Gasteiger partial charge < -0.3 is 9.64 Å². The monoisotopic (exact) mass is 348 g/mol. The number of aromatic nitrogens is 3. The first kappa shape index (κ1) is 16.5. The van der Waals surface area contributed by atoms with Crippen LogP contribution in [0.25, 0.3) is 5.82 Å². The number of benzene rings is 1. The van der Waals surface area contributed by atoms with Crippen LogP contribution in [-0.2, 0) is 11.2 Å². The Morgan fingerprint density at radius 2 is 2.12 bits per heavy atom. The summed E-state index contributed by atoms with van der Waals surface area (Å²) >= 11 is 0. The van der Waals surface area contributed by atoms with Crippen molar-refractivity contribution in [1.29, 1.82) is 0 Å². The molecule has 1 aliphatic heterocycles. The smallest absolute Gasteiger partial charge is 0.272 e. The first-order valence-electron chi connectivity index (χ1n) is 8.64. The Balaban J connectivity index is 1.52. The minimum Gasteiger partial charge on any atom is -0.371 e. The van der Waals surface area contributed by atoms with Gasteiger partial charge in [-0.2, -0.15) is 5.10 Å². The second kappa shape index (κ2) is 7.09. The van der Waals surface area contributed by atoms with E-state index in [9.17, 15) is 4.79 Å². The quantitative estimate of drug-likeness (QED) is 0.727. The van der Waals surface area contributed by atoms with E-state index in [-0.39, 0.29) is 12.0 Å². The van der Waals surface area contributed by atoms with Crippen molar-refractivity contribution in [3.63, 3.8) is 0 Å². The zero-order chi connectivity index (χ0) is 17.9. The highest BCUT2D eigenvalue weighted by Crippen LogP contribution is 2.27. The van der Waals surface area contributed by atoms with Gasteiger partial charge >= 0.3 is 0 Å². The first-order chi connectivity index (χ1) is 12.7. The van der Waals surface area contributed by atoms with E-state index >= 15 is 0 Å². The van der Waals surface area contributed by atoms with Crippen molar-refractivity contribution >= 4 is 5.91 Å². The molecule has 1 unspecified atom stereocenters. The molecule has 0 radical (unpaired) electrons. The highest BCUT2D eigenvalue weighted by atomic mass is 16.5. The van der Waals surface area contributed by atoms with Gasteiger partial charge in [-0.15, -0.1) is 0 Å². The molecule has 0 saturated heterocycles. The Kier molecular flexibility index (Phi) is 4.50. The molecule has 2 aromatic heterocycles. The molecule has 132 valence electrons. The number of amides is 1. The fraction of sp³-hybridized carbons (Fsp3) is 0.250. The van der Waals surface area contributed by atoms with Crippen LogP contribution in [0.3, 0.4) is 0 Å². The molecule has 0 saturated carbocycles. The summed E-state index contributed by atoms with van der Waals surface area (Å²) in [6, 6.07) is 15.4. The fourth-order valence-electron chi connectivity index (χ4n) is 3.23. The molecule has 0 bridgehead atoms. The third kappa shape index (κ3) is 3.23. The summed E-state index contributed by atoms with van der Waals surface area (Å²) < 4.78 is 7.55. The minimum absolute atomic E-state index is 0.108. The average Bonchev–Trinajstić information content (AvgIpc) is 3.23. The Morgan fingerprint density at radius 3 is 2.96 bits per heavy atom. The number of hydrogen-bond donors (Lipinski definition) is 0. The van der Waals surface area contributed by atoms with Crippen LogP contribution in [0, 0.1) is 0 Å². The maximum atomic E-state index is 12.8. The summed E-state index contributed by atoms with van der Waals surface area (Å²) in [5.41, 5.74) is 2.85. The van der Waals surface area contributed by atoms with Crippen LogP contribution >= 0.6 is 0 Å². The number of pyridine rings is 1. The summed E-state index contributed by atoms with van der Waals surface area (Å²) in [6.45, 7) is 1.17. The molecule has 0 N–H and O–H groups in total. The second-order valence-corrected chi connectivity index (χ2v) is 6.33. The fourth-order valence-corrected chi connectivity index (χ4v) is 3.23. The zero-order valence-electron chi connectivity index (χ0n) is 14.6. The molecular formula is C20H20N4O2. The molecule has 6 heteroatoms. The highest BCUT2D eigenvalue weighted by molar-refractivity contribution is 5.92. The molecule has 26 heavy (non-hydrogen) atoms. The summed E-state index contributed by atoms with van der Waals surface area (Å²) in [5, 5.41) is 4.16. The van der Waals surface area contributed by atoms with Gasteiger partial charge in [-0.1, -0.05) is 30.3 Å². The molecule has 0 fully saturated rings. The number of hydrogen-bond acceptors (Lipinski definition) is 4. The third-order valence-corrected chi connectivity index (χ3v) is 4.57. The lowest BCUT2D eigenvalue weighted by Crippen LogP contribution is -2.34. The van der Waals surface area contributed by atoms with Gasteiger partial charge in [-0.3, -0.25) is 4.79 Å². The molecule has 1 aliphatic rings. The Bertz CT molecular complexity index is 908. The van der Waals surface area contributed by atoms with Gasteiger partial charge in [-0.25, -0.2) is 9.67 Å². The molecule has 4 rings (SSSR count). The van der Waals surface area contributed by atoms with E-state index in [0.29, 0.717) is 24.7 Å². The van der Waals surface area contributed by atoms with Crippen LogP contribution in [0.4, 0.5) is 0 Å². The molecule has 1 atom stereocenters. The van der Waals surface area contributed by atoms with E-state index in [1.165, 1.54) is 5.56 Å². The maximum absolute atomic E-state index is 12.8. The van der Waals surface area contributed by atoms with E-state index < -0.39 is 0 Å². The summed E-state index contributed by atoms with van der Waals surface area (Å²) in [7, 11) is 1.78. The number of rotatable bonds is 4. The SMILES string of the molecule is CN(CC1OCCc2ccccc21)C(=O)c1cccc(-n2cccn2)n1. The lowest BCUT2D eigenvalue weighted by molar-refractivity contribution is 0.0198. The van der Waals surface area contributed by atoms with Gasteiger partial charge in [0.05, 0.1) is 13.2 Å². The normalized spacial score (nSPS) is 16.1. The van der Waals surface area contributed by atoms with Gasteiger partial charge in [0.25, 0.3) is 5.91 Å². The van der Waals surface area contributed by atoms with Gasteiger partial charge in [-0.05, 0) is 35.7 Å². The predicted octanol–water partition coefficient (Wildman–Crippen LogP) is 2.65. The number of carbonyl (C=O) groups is 1. The van der Waals surface area contributed by atoms with Crippen molar-refractivity contribution in [2.24, 2.45) is 0 Å². The number of nitrogens with zero attached hydrogens (tertiary/aromatic N) is 4. The van der Waals surface area contributed by atoms with Crippen molar-refractivity contribution in [2.75, 3.05) is 20.2 Å². The van der Waals surface area contributed by atoms with E-state index in [1.54, 1.807) is 35.1 Å². The molecule has 0 aliphatic carbocycles. The molecule has 1 amide bonds. The molecule has 3 aromatic rings. The first-order valence-corrected chi connectivity index (χ1v) is 8.64. The average molecular weight is 348 g/mol. The molecular weight excluding hydrogens is 328 g/mol. The van der Waals surface area contributed by atoms with E-state index in [2.05, 4.69) is 22.2 Å². The zero-order valence-corrected chi connectivity index (χ0v) is 14.6. The number of carbonyl (C=O) groups excluding carboxylic acids is 1. The third-order valence-electron chi connectivity index (χ3n) is 4.57. The summed E-state index contributed by atoms with van der Waals surface area (Å²) in [4.78, 5) is 18.9. The lowest BCUT2D eigenvalue weighted by atomic mass is 9.97. The van der Waals surface area contributed by atoms with Crippen LogP contribution in [-0.4, -0.2) is 45.8 Å². The minimum atomic E-state index is -0.134. The van der Waals surface area contributed by atoms with Crippen molar-refractivity contribution in [2.45, 2.75) is 12.5 Å². The summed E-state index contributed by atoms with van der Waals surface area (Å²) in [6.07, 6.45) is 4.29. The standard InChI is InChI=1S/C20H20N4O2/c1-23(14-18-16-7-3-2-6-15(16)10-13-26-18)20(25)17-8-4-9-19(22-17)24-12-5-11-21-24/h2-9,11-12,18H,10,13-14H2,1H3.